The molecule has 0 aliphatic carbocycles. The molecule has 2 aliphatic heterocycles. The lowest BCUT2D eigenvalue weighted by Gasteiger charge is -2.30. The molecule has 2 aliphatic rings. The maximum absolute atomic E-state index is 5.35. The first-order chi connectivity index (χ1) is 7.84. The van der Waals surface area contributed by atoms with Crippen molar-refractivity contribution in [2.45, 2.75) is 19.3 Å². The molecule has 0 N–H and O–H groups in total. The molecule has 0 spiro atoms. The predicted molar refractivity (Wildman–Crippen MR) is 66.7 cm³/mol. The molecule has 0 aromatic carbocycles. The van der Waals surface area contributed by atoms with Gasteiger partial charge in [0.25, 0.3) is 0 Å². The summed E-state index contributed by atoms with van der Waals surface area (Å²) in [6.07, 6.45) is 3.71. The monoisotopic (exact) mass is 224 g/mol. The van der Waals surface area contributed by atoms with Crippen LogP contribution in [-0.2, 0) is 4.74 Å². The second kappa shape index (κ2) is 6.38. The highest BCUT2D eigenvalue weighted by Crippen LogP contribution is 2.13. The minimum Gasteiger partial charge on any atom is -0.379 e. The van der Waals surface area contributed by atoms with Crippen molar-refractivity contribution in [3.05, 3.63) is 12.2 Å². The average Bonchev–Trinajstić information content (AvgIpc) is 2.33. The number of ether oxygens (including phenoxy) is 1. The Labute approximate surface area is 99.1 Å². The van der Waals surface area contributed by atoms with Crippen LogP contribution >= 0.6 is 0 Å². The molecule has 2 fully saturated rings. The van der Waals surface area contributed by atoms with Gasteiger partial charge in [-0.05, 0) is 32.4 Å². The predicted octanol–water partition coefficient (Wildman–Crippen LogP) is 1.36. The maximum Gasteiger partial charge on any atom is 0.0594 e. The van der Waals surface area contributed by atoms with Crippen LogP contribution in [0, 0.1) is 0 Å². The lowest BCUT2D eigenvalue weighted by Crippen LogP contribution is -2.39. The summed E-state index contributed by atoms with van der Waals surface area (Å²) in [5.74, 6) is 0. The van der Waals surface area contributed by atoms with E-state index < -0.39 is 0 Å². The van der Waals surface area contributed by atoms with Gasteiger partial charge in [-0.15, -0.1) is 0 Å². The standard InChI is InChI=1S/C13H24N2O/c1-13-3-7-14(8-4-13)5-2-6-15-9-11-16-12-10-15/h1-12H2. The summed E-state index contributed by atoms with van der Waals surface area (Å²) < 4.78 is 5.35. The highest BCUT2D eigenvalue weighted by Gasteiger charge is 2.13. The van der Waals surface area contributed by atoms with Gasteiger partial charge >= 0.3 is 0 Å². The number of piperidine rings is 1. The zero-order chi connectivity index (χ0) is 11.2. The van der Waals surface area contributed by atoms with Gasteiger partial charge in [0.05, 0.1) is 13.2 Å². The van der Waals surface area contributed by atoms with Gasteiger partial charge in [0.15, 0.2) is 0 Å². The van der Waals surface area contributed by atoms with Crippen LogP contribution in [0.4, 0.5) is 0 Å². The van der Waals surface area contributed by atoms with Crippen LogP contribution in [0.2, 0.25) is 0 Å². The van der Waals surface area contributed by atoms with Crippen molar-refractivity contribution in [1.29, 1.82) is 0 Å². The number of hydrogen-bond donors (Lipinski definition) is 0. The van der Waals surface area contributed by atoms with Crippen molar-refractivity contribution >= 4 is 0 Å². The lowest BCUT2D eigenvalue weighted by molar-refractivity contribution is 0.0360. The molecule has 16 heavy (non-hydrogen) atoms. The van der Waals surface area contributed by atoms with Crippen LogP contribution in [0.5, 0.6) is 0 Å². The molecule has 0 saturated carbocycles. The summed E-state index contributed by atoms with van der Waals surface area (Å²) in [4.78, 5) is 5.10. The van der Waals surface area contributed by atoms with Gasteiger partial charge in [0.1, 0.15) is 0 Å². The van der Waals surface area contributed by atoms with E-state index in [2.05, 4.69) is 16.4 Å². The van der Waals surface area contributed by atoms with Crippen molar-refractivity contribution < 1.29 is 4.74 Å². The van der Waals surface area contributed by atoms with E-state index in [-0.39, 0.29) is 0 Å². The molecule has 2 saturated heterocycles. The van der Waals surface area contributed by atoms with E-state index >= 15 is 0 Å². The van der Waals surface area contributed by atoms with E-state index in [0.29, 0.717) is 0 Å². The zero-order valence-electron chi connectivity index (χ0n) is 10.3. The Morgan fingerprint density at radius 1 is 0.938 bits per heavy atom. The van der Waals surface area contributed by atoms with Crippen LogP contribution in [0.3, 0.4) is 0 Å². The summed E-state index contributed by atoms with van der Waals surface area (Å²) >= 11 is 0. The molecule has 0 radical (unpaired) electrons. The van der Waals surface area contributed by atoms with Crippen molar-refractivity contribution in [1.82, 2.24) is 9.80 Å². The van der Waals surface area contributed by atoms with E-state index in [9.17, 15) is 0 Å². The SMILES string of the molecule is C=C1CCN(CCCN2CCOCC2)CC1. The van der Waals surface area contributed by atoms with Crippen molar-refractivity contribution in [2.75, 3.05) is 52.5 Å². The van der Waals surface area contributed by atoms with E-state index in [1.54, 1.807) is 0 Å². The molecule has 0 atom stereocenters. The topological polar surface area (TPSA) is 15.7 Å². The van der Waals surface area contributed by atoms with E-state index in [1.165, 1.54) is 51.0 Å². The highest BCUT2D eigenvalue weighted by molar-refractivity contribution is 4.98. The molecule has 0 aromatic heterocycles. The summed E-state index contributed by atoms with van der Waals surface area (Å²) in [6.45, 7) is 13.1. The molecule has 3 heteroatoms. The third-order valence-electron chi connectivity index (χ3n) is 3.62. The zero-order valence-corrected chi connectivity index (χ0v) is 10.3. The first-order valence-corrected chi connectivity index (χ1v) is 6.54. The van der Waals surface area contributed by atoms with Crippen molar-refractivity contribution in [3.63, 3.8) is 0 Å². The van der Waals surface area contributed by atoms with Gasteiger partial charge in [-0.1, -0.05) is 12.2 Å². The number of nitrogens with zero attached hydrogens (tertiary/aromatic N) is 2. The van der Waals surface area contributed by atoms with Gasteiger partial charge in [-0.2, -0.15) is 0 Å². The Bertz CT molecular complexity index is 214. The molecule has 2 heterocycles. The smallest absolute Gasteiger partial charge is 0.0594 e. The van der Waals surface area contributed by atoms with E-state index in [1.807, 2.05) is 0 Å². The van der Waals surface area contributed by atoms with Crippen molar-refractivity contribution in [2.24, 2.45) is 0 Å². The van der Waals surface area contributed by atoms with Crippen LogP contribution in [0.15, 0.2) is 12.2 Å². The molecule has 92 valence electrons. The number of hydrogen-bond acceptors (Lipinski definition) is 3. The number of likely N-dealkylation sites (tertiary alicyclic amines) is 1. The average molecular weight is 224 g/mol. The second-order valence-electron chi connectivity index (χ2n) is 4.90. The van der Waals surface area contributed by atoms with Crippen LogP contribution in [0.25, 0.3) is 0 Å². The Kier molecular flexibility index (Phi) is 4.82. The molecule has 0 unspecified atom stereocenters. The van der Waals surface area contributed by atoms with Gasteiger partial charge in [-0.3, -0.25) is 4.90 Å². The van der Waals surface area contributed by atoms with Crippen LogP contribution in [-0.4, -0.2) is 62.3 Å². The molecule has 2 rings (SSSR count). The first-order valence-electron chi connectivity index (χ1n) is 6.54. The highest BCUT2D eigenvalue weighted by atomic mass is 16.5. The third-order valence-corrected chi connectivity index (χ3v) is 3.62. The Morgan fingerprint density at radius 3 is 2.12 bits per heavy atom. The minimum absolute atomic E-state index is 0.920. The summed E-state index contributed by atoms with van der Waals surface area (Å²) in [5, 5.41) is 0. The van der Waals surface area contributed by atoms with Gasteiger partial charge < -0.3 is 9.64 Å². The second-order valence-corrected chi connectivity index (χ2v) is 4.90. The number of morpholine rings is 1. The largest absolute Gasteiger partial charge is 0.379 e. The molecular formula is C13H24N2O. The first kappa shape index (κ1) is 12.1. The summed E-state index contributed by atoms with van der Waals surface area (Å²) in [7, 11) is 0. The summed E-state index contributed by atoms with van der Waals surface area (Å²) in [5.41, 5.74) is 1.43. The minimum atomic E-state index is 0.920. The Hall–Kier alpha value is -0.380. The van der Waals surface area contributed by atoms with Crippen LogP contribution in [0.1, 0.15) is 19.3 Å². The van der Waals surface area contributed by atoms with E-state index in [0.717, 1.165) is 26.3 Å². The molecule has 0 bridgehead atoms. The molecular weight excluding hydrogens is 200 g/mol. The van der Waals surface area contributed by atoms with Gasteiger partial charge in [0.2, 0.25) is 0 Å². The number of rotatable bonds is 4. The molecule has 3 nitrogen and oxygen atoms in total. The van der Waals surface area contributed by atoms with Crippen LogP contribution < -0.4 is 0 Å². The molecule has 0 amide bonds. The quantitative estimate of drug-likeness (QED) is 0.671. The fourth-order valence-electron chi connectivity index (χ4n) is 2.44. The van der Waals surface area contributed by atoms with Crippen molar-refractivity contribution in [3.8, 4) is 0 Å². The van der Waals surface area contributed by atoms with Gasteiger partial charge in [0, 0.05) is 26.2 Å². The lowest BCUT2D eigenvalue weighted by atomic mass is 10.1. The maximum atomic E-state index is 5.35. The Morgan fingerprint density at radius 2 is 1.50 bits per heavy atom. The fourth-order valence-corrected chi connectivity index (χ4v) is 2.44. The van der Waals surface area contributed by atoms with E-state index in [4.69, 9.17) is 4.74 Å². The molecule has 0 aromatic rings. The fraction of sp³-hybridized carbons (Fsp3) is 0.846. The normalized spacial score (nSPS) is 24.9. The third kappa shape index (κ3) is 3.89. The van der Waals surface area contributed by atoms with Gasteiger partial charge in [-0.25, -0.2) is 0 Å². The Balaban J connectivity index is 1.55. The summed E-state index contributed by atoms with van der Waals surface area (Å²) in [6, 6.07) is 0.